The lowest BCUT2D eigenvalue weighted by Crippen LogP contribution is -2.48. The molecule has 0 radical (unpaired) electrons. The summed E-state index contributed by atoms with van der Waals surface area (Å²) in [6, 6.07) is 14.8. The van der Waals surface area contributed by atoms with Crippen LogP contribution in [0, 0.1) is 5.82 Å². The maximum Gasteiger partial charge on any atom is 0.220 e. The molecule has 3 aromatic rings. The van der Waals surface area contributed by atoms with Gasteiger partial charge in [-0.15, -0.1) is 11.3 Å². The van der Waals surface area contributed by atoms with Gasteiger partial charge in [0, 0.05) is 51.4 Å². The van der Waals surface area contributed by atoms with Crippen molar-refractivity contribution in [3.63, 3.8) is 0 Å². The summed E-state index contributed by atoms with van der Waals surface area (Å²) in [6.07, 6.45) is 2.20. The molecule has 1 saturated heterocycles. The van der Waals surface area contributed by atoms with Gasteiger partial charge in [0.15, 0.2) is 0 Å². The molecule has 1 aromatic heterocycles. The number of anilines is 1. The number of halogens is 1. The van der Waals surface area contributed by atoms with Crippen LogP contribution in [0.1, 0.15) is 17.8 Å². The van der Waals surface area contributed by atoms with E-state index in [2.05, 4.69) is 26.2 Å². The zero-order chi connectivity index (χ0) is 20.8. The van der Waals surface area contributed by atoms with E-state index in [1.807, 2.05) is 30.3 Å². The van der Waals surface area contributed by atoms with Gasteiger partial charge in [-0.3, -0.25) is 9.69 Å². The zero-order valence-corrected chi connectivity index (χ0v) is 17.8. The quantitative estimate of drug-likeness (QED) is 0.597. The third-order valence-corrected chi connectivity index (χ3v) is 6.54. The molecule has 0 saturated carbocycles. The van der Waals surface area contributed by atoms with Crippen molar-refractivity contribution in [2.24, 2.45) is 0 Å². The lowest BCUT2D eigenvalue weighted by atomic mass is 10.2. The summed E-state index contributed by atoms with van der Waals surface area (Å²) in [5.41, 5.74) is 2.11. The van der Waals surface area contributed by atoms with Crippen molar-refractivity contribution in [3.05, 3.63) is 59.4 Å². The Morgan fingerprint density at radius 1 is 1.07 bits per heavy atom. The molecule has 1 N–H and O–H groups in total. The van der Waals surface area contributed by atoms with Crippen LogP contribution in [0.3, 0.4) is 0 Å². The van der Waals surface area contributed by atoms with Gasteiger partial charge < -0.3 is 10.2 Å². The van der Waals surface area contributed by atoms with E-state index in [0.717, 1.165) is 61.8 Å². The number of para-hydroxylation sites is 1. The van der Waals surface area contributed by atoms with E-state index >= 15 is 0 Å². The van der Waals surface area contributed by atoms with Gasteiger partial charge in [-0.05, 0) is 49.2 Å². The second-order valence-corrected chi connectivity index (χ2v) is 8.70. The zero-order valence-electron chi connectivity index (χ0n) is 17.0. The number of nitrogens with one attached hydrogen (secondary N) is 1. The molecule has 7 heteroatoms. The minimum absolute atomic E-state index is 0.112. The fraction of sp³-hybridized carbons (Fsp3) is 0.391. The first-order valence-corrected chi connectivity index (χ1v) is 11.3. The summed E-state index contributed by atoms with van der Waals surface area (Å²) >= 11 is 1.71. The van der Waals surface area contributed by atoms with Gasteiger partial charge in [-0.1, -0.05) is 12.1 Å². The average Bonchev–Trinajstić information content (AvgIpc) is 3.18. The van der Waals surface area contributed by atoms with Crippen molar-refractivity contribution >= 4 is 33.1 Å². The highest BCUT2D eigenvalue weighted by Crippen LogP contribution is 2.22. The summed E-state index contributed by atoms with van der Waals surface area (Å²) in [5.74, 6) is -0.0886. The van der Waals surface area contributed by atoms with Crippen molar-refractivity contribution in [3.8, 4) is 0 Å². The molecule has 158 valence electrons. The molecule has 0 bridgehead atoms. The first-order chi connectivity index (χ1) is 14.7. The van der Waals surface area contributed by atoms with Crippen LogP contribution in [-0.2, 0) is 11.2 Å². The highest BCUT2D eigenvalue weighted by Gasteiger charge is 2.17. The Kier molecular flexibility index (Phi) is 6.92. The molecule has 4 rings (SSSR count). The maximum absolute atomic E-state index is 13.1. The smallest absolute Gasteiger partial charge is 0.220 e. The number of hydrogen-bond acceptors (Lipinski definition) is 5. The molecule has 5 nitrogen and oxygen atoms in total. The minimum Gasteiger partial charge on any atom is -0.369 e. The number of amides is 1. The van der Waals surface area contributed by atoms with Gasteiger partial charge in [0.25, 0.3) is 0 Å². The molecule has 2 heterocycles. The first-order valence-electron chi connectivity index (χ1n) is 10.5. The third-order valence-electron chi connectivity index (χ3n) is 5.45. The molecule has 2 aromatic carbocycles. The van der Waals surface area contributed by atoms with E-state index in [1.165, 1.54) is 16.8 Å². The number of hydrogen-bond donors (Lipinski definition) is 1. The van der Waals surface area contributed by atoms with Crippen LogP contribution in [0.5, 0.6) is 0 Å². The Morgan fingerprint density at radius 3 is 2.60 bits per heavy atom. The van der Waals surface area contributed by atoms with Gasteiger partial charge in [0.2, 0.25) is 5.91 Å². The number of carbonyl (C=O) groups is 1. The van der Waals surface area contributed by atoms with Crippen LogP contribution in [0.25, 0.3) is 10.2 Å². The van der Waals surface area contributed by atoms with E-state index in [4.69, 9.17) is 0 Å². The molecule has 30 heavy (non-hydrogen) atoms. The number of nitrogens with zero attached hydrogens (tertiary/aromatic N) is 3. The Bertz CT molecular complexity index is 934. The molecule has 1 aliphatic rings. The molecule has 1 amide bonds. The lowest BCUT2D eigenvalue weighted by Gasteiger charge is -2.36. The number of aromatic nitrogens is 1. The average molecular weight is 427 g/mol. The second-order valence-electron chi connectivity index (χ2n) is 7.58. The molecule has 0 aliphatic carbocycles. The highest BCUT2D eigenvalue weighted by molar-refractivity contribution is 7.18. The maximum atomic E-state index is 13.1. The van der Waals surface area contributed by atoms with Crippen LogP contribution >= 0.6 is 11.3 Å². The number of benzene rings is 2. The van der Waals surface area contributed by atoms with E-state index in [-0.39, 0.29) is 11.7 Å². The number of thiazole rings is 1. The molecule has 0 atom stereocenters. The molecular weight excluding hydrogens is 399 g/mol. The molecule has 0 unspecified atom stereocenters. The van der Waals surface area contributed by atoms with Gasteiger partial charge in [-0.2, -0.15) is 0 Å². The normalized spacial score (nSPS) is 14.9. The molecular formula is C23H27FN4OS. The van der Waals surface area contributed by atoms with Gasteiger partial charge in [0.05, 0.1) is 15.2 Å². The summed E-state index contributed by atoms with van der Waals surface area (Å²) in [6.45, 7) is 5.27. The van der Waals surface area contributed by atoms with Gasteiger partial charge in [0.1, 0.15) is 5.82 Å². The Balaban J connectivity index is 1.10. The lowest BCUT2D eigenvalue weighted by molar-refractivity contribution is -0.121. The highest BCUT2D eigenvalue weighted by atomic mass is 32.1. The number of fused-ring (bicyclic) bond motifs is 1. The Hall–Kier alpha value is -2.51. The number of aryl methyl sites for hydroxylation is 1. The molecule has 1 aliphatic heterocycles. The van der Waals surface area contributed by atoms with Crippen LogP contribution in [0.15, 0.2) is 48.5 Å². The van der Waals surface area contributed by atoms with Crippen LogP contribution in [0.4, 0.5) is 10.1 Å². The van der Waals surface area contributed by atoms with Gasteiger partial charge in [-0.25, -0.2) is 9.37 Å². The predicted octanol–water partition coefficient (Wildman–Crippen LogP) is 3.70. The van der Waals surface area contributed by atoms with E-state index in [0.29, 0.717) is 13.0 Å². The van der Waals surface area contributed by atoms with E-state index in [9.17, 15) is 9.18 Å². The van der Waals surface area contributed by atoms with Crippen molar-refractivity contribution < 1.29 is 9.18 Å². The summed E-state index contributed by atoms with van der Waals surface area (Å²) in [7, 11) is 0. The molecule has 0 spiro atoms. The Labute approximate surface area is 180 Å². The van der Waals surface area contributed by atoms with Crippen molar-refractivity contribution in [1.29, 1.82) is 0 Å². The first kappa shape index (κ1) is 20.8. The van der Waals surface area contributed by atoms with Gasteiger partial charge >= 0.3 is 0 Å². The topological polar surface area (TPSA) is 48.5 Å². The molecule has 1 fully saturated rings. The third kappa shape index (κ3) is 5.55. The number of carbonyl (C=O) groups excluding carboxylic acids is 1. The van der Waals surface area contributed by atoms with E-state index < -0.39 is 0 Å². The standard InChI is InChI=1S/C23H27FN4OS/c24-18-8-10-19(11-9-18)28-16-14-27(15-17-28)13-12-25-22(29)6-3-7-23-26-20-4-1-2-5-21(20)30-23/h1-2,4-5,8-11H,3,6-7,12-17H2,(H,25,29). The largest absolute Gasteiger partial charge is 0.369 e. The fourth-order valence-corrected chi connectivity index (χ4v) is 4.76. The van der Waals surface area contributed by atoms with Crippen LogP contribution in [-0.4, -0.2) is 55.1 Å². The minimum atomic E-state index is -0.201. The predicted molar refractivity (Wildman–Crippen MR) is 121 cm³/mol. The number of rotatable bonds is 8. The summed E-state index contributed by atoms with van der Waals surface area (Å²) in [4.78, 5) is 21.4. The van der Waals surface area contributed by atoms with Crippen molar-refractivity contribution in [2.75, 3.05) is 44.2 Å². The van der Waals surface area contributed by atoms with Crippen LogP contribution < -0.4 is 10.2 Å². The fourth-order valence-electron chi connectivity index (χ4n) is 3.75. The summed E-state index contributed by atoms with van der Waals surface area (Å²) < 4.78 is 14.3. The number of piperazine rings is 1. The Morgan fingerprint density at radius 2 is 1.83 bits per heavy atom. The summed E-state index contributed by atoms with van der Waals surface area (Å²) in [5, 5.41) is 4.14. The monoisotopic (exact) mass is 426 g/mol. The van der Waals surface area contributed by atoms with E-state index in [1.54, 1.807) is 11.3 Å². The van der Waals surface area contributed by atoms with Crippen LogP contribution in [0.2, 0.25) is 0 Å². The SMILES string of the molecule is O=C(CCCc1nc2ccccc2s1)NCCN1CCN(c2ccc(F)cc2)CC1. The second kappa shape index (κ2) is 10.00. The van der Waals surface area contributed by atoms with Crippen molar-refractivity contribution in [1.82, 2.24) is 15.2 Å². The van der Waals surface area contributed by atoms with Crippen molar-refractivity contribution in [2.45, 2.75) is 19.3 Å².